The minimum Gasteiger partial charge on any atom is -0.369 e. The first-order valence-electron chi connectivity index (χ1n) is 7.54. The molecule has 3 rings (SSSR count). The van der Waals surface area contributed by atoms with E-state index in [1.165, 1.54) is 12.7 Å². The second-order valence-electron chi connectivity index (χ2n) is 5.76. The molecule has 2 aromatic heterocycles. The minimum atomic E-state index is -0.367. The molecule has 0 spiro atoms. The molecule has 0 bridgehead atoms. The van der Waals surface area contributed by atoms with E-state index in [-0.39, 0.29) is 29.0 Å². The van der Waals surface area contributed by atoms with Crippen molar-refractivity contribution < 1.29 is 4.79 Å². The van der Waals surface area contributed by atoms with Gasteiger partial charge in [0.05, 0.1) is 6.33 Å². The first-order chi connectivity index (χ1) is 10.6. The molecular weight excluding hydrogens is 284 g/mol. The number of nitrogen functional groups attached to an aromatic ring is 1. The fourth-order valence-corrected chi connectivity index (χ4v) is 3.10. The number of carbonyl (C=O) groups is 1. The number of amides is 1. The normalized spacial score (nSPS) is 16.0. The van der Waals surface area contributed by atoms with Crippen LogP contribution in [-0.4, -0.2) is 36.4 Å². The average Bonchev–Trinajstić information content (AvgIpc) is 2.88. The number of nitrogens with one attached hydrogen (secondary N) is 1. The number of fused-ring (bicyclic) bond motifs is 1. The van der Waals surface area contributed by atoms with Crippen LogP contribution in [0.15, 0.2) is 11.1 Å². The molecule has 118 valence electrons. The lowest BCUT2D eigenvalue weighted by Gasteiger charge is -2.33. The summed E-state index contributed by atoms with van der Waals surface area (Å²) in [6.45, 7) is 1.91. The molecule has 0 radical (unpaired) electrons. The fourth-order valence-electron chi connectivity index (χ4n) is 3.10. The Morgan fingerprint density at radius 3 is 2.86 bits per heavy atom. The van der Waals surface area contributed by atoms with E-state index >= 15 is 0 Å². The second kappa shape index (κ2) is 5.78. The topological polar surface area (TPSA) is 110 Å². The van der Waals surface area contributed by atoms with Gasteiger partial charge < -0.3 is 10.6 Å². The van der Waals surface area contributed by atoms with Gasteiger partial charge in [0.2, 0.25) is 11.9 Å². The third-order valence-electron chi connectivity index (χ3n) is 4.22. The van der Waals surface area contributed by atoms with Crippen molar-refractivity contribution in [1.82, 2.24) is 24.4 Å². The Hall–Kier alpha value is -2.38. The van der Waals surface area contributed by atoms with E-state index in [2.05, 4.69) is 15.0 Å². The third-order valence-corrected chi connectivity index (χ3v) is 4.22. The standard InChI is InChI=1S/C14H20N6O2/c1-9(21)20(10-5-3-2-4-6-10)8-19-7-16-11-12(19)17-14(15)18-13(11)22/h7,10H,2-6,8H2,1H3,(H3,15,17,18,22). The number of nitrogens with zero attached hydrogens (tertiary/aromatic N) is 4. The quantitative estimate of drug-likeness (QED) is 0.873. The highest BCUT2D eigenvalue weighted by atomic mass is 16.2. The summed E-state index contributed by atoms with van der Waals surface area (Å²) >= 11 is 0. The molecule has 1 amide bonds. The SMILES string of the molecule is CC(=O)N(Cn1cnc2c(=O)[nH]c(N)nc21)C1CCCCC1. The summed E-state index contributed by atoms with van der Waals surface area (Å²) in [7, 11) is 0. The first-order valence-corrected chi connectivity index (χ1v) is 7.54. The van der Waals surface area contributed by atoms with E-state index in [0.29, 0.717) is 12.3 Å². The highest BCUT2D eigenvalue weighted by Crippen LogP contribution is 2.23. The summed E-state index contributed by atoms with van der Waals surface area (Å²) in [5.41, 5.74) is 5.87. The molecule has 0 atom stereocenters. The maximum absolute atomic E-state index is 12.0. The number of nitrogens with two attached hydrogens (primary N) is 1. The molecule has 0 unspecified atom stereocenters. The molecule has 8 heteroatoms. The van der Waals surface area contributed by atoms with Crippen molar-refractivity contribution >= 4 is 23.0 Å². The minimum absolute atomic E-state index is 0.0200. The van der Waals surface area contributed by atoms with Crippen LogP contribution < -0.4 is 11.3 Å². The van der Waals surface area contributed by atoms with Gasteiger partial charge in [-0.25, -0.2) is 4.98 Å². The van der Waals surface area contributed by atoms with Crippen LogP contribution in [0.1, 0.15) is 39.0 Å². The largest absolute Gasteiger partial charge is 0.369 e. The molecule has 2 aromatic rings. The molecule has 1 fully saturated rings. The number of H-pyrrole nitrogens is 1. The number of carbonyl (C=O) groups excluding carboxylic acids is 1. The molecule has 3 N–H and O–H groups in total. The fraction of sp³-hybridized carbons (Fsp3) is 0.571. The smallest absolute Gasteiger partial charge is 0.280 e. The number of anilines is 1. The van der Waals surface area contributed by atoms with Gasteiger partial charge in [0.15, 0.2) is 11.2 Å². The van der Waals surface area contributed by atoms with Crippen LogP contribution in [0.4, 0.5) is 5.95 Å². The lowest BCUT2D eigenvalue weighted by molar-refractivity contribution is -0.133. The van der Waals surface area contributed by atoms with Gasteiger partial charge in [-0.05, 0) is 12.8 Å². The van der Waals surface area contributed by atoms with Crippen LogP contribution in [0.5, 0.6) is 0 Å². The van der Waals surface area contributed by atoms with Gasteiger partial charge in [-0.1, -0.05) is 19.3 Å². The summed E-state index contributed by atoms with van der Waals surface area (Å²) in [5.74, 6) is 0.0675. The van der Waals surface area contributed by atoms with Gasteiger partial charge in [0, 0.05) is 13.0 Å². The summed E-state index contributed by atoms with van der Waals surface area (Å²) in [6, 6.07) is 0.239. The zero-order chi connectivity index (χ0) is 15.7. The van der Waals surface area contributed by atoms with E-state index in [4.69, 9.17) is 5.73 Å². The molecule has 0 saturated heterocycles. The predicted molar refractivity (Wildman–Crippen MR) is 82.0 cm³/mol. The van der Waals surface area contributed by atoms with Crippen molar-refractivity contribution in [3.05, 3.63) is 16.7 Å². The zero-order valence-corrected chi connectivity index (χ0v) is 12.6. The van der Waals surface area contributed by atoms with E-state index in [0.717, 1.165) is 25.7 Å². The Kier molecular flexibility index (Phi) is 3.82. The molecular formula is C14H20N6O2. The first kappa shape index (κ1) is 14.6. The molecule has 22 heavy (non-hydrogen) atoms. The van der Waals surface area contributed by atoms with Gasteiger partial charge >= 0.3 is 0 Å². The molecule has 2 heterocycles. The molecule has 1 saturated carbocycles. The van der Waals surface area contributed by atoms with Gasteiger partial charge in [0.25, 0.3) is 5.56 Å². The number of hydrogen-bond acceptors (Lipinski definition) is 5. The predicted octanol–water partition coefficient (Wildman–Crippen LogP) is 0.840. The van der Waals surface area contributed by atoms with Crippen molar-refractivity contribution in [3.8, 4) is 0 Å². The maximum Gasteiger partial charge on any atom is 0.280 e. The van der Waals surface area contributed by atoms with Crippen molar-refractivity contribution in [3.63, 3.8) is 0 Å². The van der Waals surface area contributed by atoms with Crippen LogP contribution in [0.3, 0.4) is 0 Å². The molecule has 8 nitrogen and oxygen atoms in total. The lowest BCUT2D eigenvalue weighted by Crippen LogP contribution is -2.41. The lowest BCUT2D eigenvalue weighted by atomic mass is 9.94. The molecule has 0 aliphatic heterocycles. The maximum atomic E-state index is 12.0. The summed E-state index contributed by atoms with van der Waals surface area (Å²) in [4.78, 5) is 36.3. The Labute approximate surface area is 127 Å². The zero-order valence-electron chi connectivity index (χ0n) is 12.6. The Bertz CT molecular complexity index is 743. The number of aromatic amines is 1. The third kappa shape index (κ3) is 2.68. The summed E-state index contributed by atoms with van der Waals surface area (Å²) in [5, 5.41) is 0. The summed E-state index contributed by atoms with van der Waals surface area (Å²) < 4.78 is 1.71. The van der Waals surface area contributed by atoms with Crippen molar-refractivity contribution in [2.45, 2.75) is 51.7 Å². The van der Waals surface area contributed by atoms with Crippen molar-refractivity contribution in [2.24, 2.45) is 0 Å². The number of rotatable bonds is 3. The van der Waals surface area contributed by atoms with Gasteiger partial charge in [-0.2, -0.15) is 4.98 Å². The number of imidazole rings is 1. The van der Waals surface area contributed by atoms with E-state index < -0.39 is 0 Å². The van der Waals surface area contributed by atoms with Crippen molar-refractivity contribution in [1.29, 1.82) is 0 Å². The highest BCUT2D eigenvalue weighted by Gasteiger charge is 2.24. The van der Waals surface area contributed by atoms with Crippen LogP contribution in [-0.2, 0) is 11.5 Å². The number of aromatic nitrogens is 4. The van der Waals surface area contributed by atoms with Gasteiger partial charge in [0.1, 0.15) is 6.67 Å². The van der Waals surface area contributed by atoms with Crippen LogP contribution in [0.25, 0.3) is 11.2 Å². The monoisotopic (exact) mass is 304 g/mol. The van der Waals surface area contributed by atoms with Crippen LogP contribution >= 0.6 is 0 Å². The van der Waals surface area contributed by atoms with Gasteiger partial charge in [-0.15, -0.1) is 0 Å². The van der Waals surface area contributed by atoms with E-state index in [9.17, 15) is 9.59 Å². The van der Waals surface area contributed by atoms with Crippen molar-refractivity contribution in [2.75, 3.05) is 5.73 Å². The molecule has 1 aliphatic rings. The Morgan fingerprint density at radius 1 is 1.45 bits per heavy atom. The second-order valence-corrected chi connectivity index (χ2v) is 5.76. The molecule has 0 aromatic carbocycles. The van der Waals surface area contributed by atoms with Crippen LogP contribution in [0.2, 0.25) is 0 Å². The van der Waals surface area contributed by atoms with E-state index in [1.807, 2.05) is 4.90 Å². The molecule has 1 aliphatic carbocycles. The Balaban J connectivity index is 1.93. The van der Waals surface area contributed by atoms with Gasteiger partial charge in [-0.3, -0.25) is 19.1 Å². The number of hydrogen-bond donors (Lipinski definition) is 2. The Morgan fingerprint density at radius 2 is 2.18 bits per heavy atom. The average molecular weight is 304 g/mol. The summed E-state index contributed by atoms with van der Waals surface area (Å²) in [6.07, 6.45) is 7.08. The van der Waals surface area contributed by atoms with E-state index in [1.54, 1.807) is 11.5 Å². The highest BCUT2D eigenvalue weighted by molar-refractivity contribution is 5.74. The van der Waals surface area contributed by atoms with Crippen LogP contribution in [0, 0.1) is 0 Å².